The van der Waals surface area contributed by atoms with Gasteiger partial charge in [0.25, 0.3) is 0 Å². The number of carbonyl (C=O) groups excluding carboxylic acids is 1. The third-order valence-electron chi connectivity index (χ3n) is 1.62. The standard InChI is InChI=1S/C9H7NO3S/c1-13-9(12)6-2-5(11)3-8(14)7(6)4-10/h2-3,11,14H,1H3. The first-order valence-electron chi connectivity index (χ1n) is 3.64. The van der Waals surface area contributed by atoms with Crippen LogP contribution in [-0.4, -0.2) is 18.2 Å². The summed E-state index contributed by atoms with van der Waals surface area (Å²) in [6, 6.07) is 4.27. The molecule has 0 aliphatic rings. The largest absolute Gasteiger partial charge is 0.508 e. The summed E-state index contributed by atoms with van der Waals surface area (Å²) in [7, 11) is 1.20. The highest BCUT2D eigenvalue weighted by Gasteiger charge is 2.15. The average molecular weight is 209 g/mol. The van der Waals surface area contributed by atoms with Crippen LogP contribution in [-0.2, 0) is 4.74 Å². The van der Waals surface area contributed by atoms with E-state index in [-0.39, 0.29) is 21.8 Å². The molecule has 0 unspecified atom stereocenters. The van der Waals surface area contributed by atoms with Crippen molar-refractivity contribution in [3.05, 3.63) is 23.3 Å². The van der Waals surface area contributed by atoms with Gasteiger partial charge in [0, 0.05) is 4.90 Å². The van der Waals surface area contributed by atoms with E-state index in [4.69, 9.17) is 5.26 Å². The van der Waals surface area contributed by atoms with Gasteiger partial charge in [-0.1, -0.05) is 0 Å². The van der Waals surface area contributed by atoms with Crippen LogP contribution in [0, 0.1) is 11.3 Å². The number of rotatable bonds is 1. The maximum absolute atomic E-state index is 11.2. The van der Waals surface area contributed by atoms with Crippen molar-refractivity contribution in [2.45, 2.75) is 4.90 Å². The predicted octanol–water partition coefficient (Wildman–Crippen LogP) is 1.34. The lowest BCUT2D eigenvalue weighted by Crippen LogP contribution is -2.04. The van der Waals surface area contributed by atoms with Crippen molar-refractivity contribution in [3.8, 4) is 11.8 Å². The molecule has 1 rings (SSSR count). The first-order chi connectivity index (χ1) is 6.60. The summed E-state index contributed by atoms with van der Waals surface area (Å²) in [5.41, 5.74) is 0.109. The van der Waals surface area contributed by atoms with Crippen LogP contribution < -0.4 is 0 Å². The maximum atomic E-state index is 11.2. The highest BCUT2D eigenvalue weighted by Crippen LogP contribution is 2.24. The van der Waals surface area contributed by atoms with E-state index in [1.54, 1.807) is 0 Å². The molecule has 0 bridgehead atoms. The molecule has 5 heteroatoms. The molecule has 0 radical (unpaired) electrons. The molecule has 0 saturated carbocycles. The van der Waals surface area contributed by atoms with Crippen LogP contribution in [0.15, 0.2) is 17.0 Å². The van der Waals surface area contributed by atoms with Crippen LogP contribution >= 0.6 is 12.6 Å². The number of phenolic OH excluding ortho intramolecular Hbond substituents is 1. The SMILES string of the molecule is COC(=O)c1cc(O)cc(S)c1C#N. The van der Waals surface area contributed by atoms with Crippen LogP contribution in [0.1, 0.15) is 15.9 Å². The number of methoxy groups -OCH3 is 1. The molecule has 0 saturated heterocycles. The Kier molecular flexibility index (Phi) is 2.99. The topological polar surface area (TPSA) is 70.3 Å². The van der Waals surface area contributed by atoms with Crippen LogP contribution in [0.5, 0.6) is 5.75 Å². The number of benzene rings is 1. The summed E-state index contributed by atoms with van der Waals surface area (Å²) >= 11 is 3.96. The molecule has 0 spiro atoms. The Balaban J connectivity index is 3.41. The van der Waals surface area contributed by atoms with E-state index >= 15 is 0 Å². The van der Waals surface area contributed by atoms with Gasteiger partial charge < -0.3 is 9.84 Å². The number of thiol groups is 1. The van der Waals surface area contributed by atoms with Gasteiger partial charge in [0.05, 0.1) is 18.2 Å². The molecule has 0 aliphatic heterocycles. The summed E-state index contributed by atoms with van der Waals surface area (Å²) in [5, 5.41) is 17.9. The number of phenols is 1. The number of carbonyl (C=O) groups is 1. The highest BCUT2D eigenvalue weighted by atomic mass is 32.1. The van der Waals surface area contributed by atoms with Gasteiger partial charge >= 0.3 is 5.97 Å². The molecule has 0 aromatic heterocycles. The Labute approximate surface area is 86.1 Å². The Morgan fingerprint density at radius 1 is 1.64 bits per heavy atom. The Bertz CT molecular complexity index is 423. The second kappa shape index (κ2) is 4.03. The van der Waals surface area contributed by atoms with Gasteiger partial charge in [-0.25, -0.2) is 4.79 Å². The lowest BCUT2D eigenvalue weighted by Gasteiger charge is -2.04. The van der Waals surface area contributed by atoms with E-state index < -0.39 is 5.97 Å². The highest BCUT2D eigenvalue weighted by molar-refractivity contribution is 7.80. The molecule has 1 aromatic carbocycles. The van der Waals surface area contributed by atoms with Gasteiger partial charge in [-0.15, -0.1) is 12.6 Å². The fraction of sp³-hybridized carbons (Fsp3) is 0.111. The van der Waals surface area contributed by atoms with E-state index in [1.165, 1.54) is 19.2 Å². The molecule has 0 atom stereocenters. The van der Waals surface area contributed by atoms with Crippen LogP contribution in [0.2, 0.25) is 0 Å². The average Bonchev–Trinajstić information content (AvgIpc) is 2.15. The minimum absolute atomic E-state index is 0.0139. The minimum Gasteiger partial charge on any atom is -0.508 e. The molecule has 72 valence electrons. The molecule has 4 nitrogen and oxygen atoms in total. The molecule has 0 heterocycles. The number of esters is 1. The van der Waals surface area contributed by atoms with Crippen molar-refractivity contribution < 1.29 is 14.6 Å². The Hall–Kier alpha value is -1.67. The first kappa shape index (κ1) is 10.4. The van der Waals surface area contributed by atoms with Gasteiger partial charge in [-0.2, -0.15) is 5.26 Å². The normalized spacial score (nSPS) is 9.21. The van der Waals surface area contributed by atoms with Crippen molar-refractivity contribution in [2.24, 2.45) is 0 Å². The third-order valence-corrected chi connectivity index (χ3v) is 1.97. The molecular weight excluding hydrogens is 202 g/mol. The van der Waals surface area contributed by atoms with Crippen molar-refractivity contribution in [2.75, 3.05) is 7.11 Å². The summed E-state index contributed by atoms with van der Waals surface area (Å²) < 4.78 is 4.45. The number of hydrogen-bond acceptors (Lipinski definition) is 5. The molecule has 1 N–H and O–H groups in total. The van der Waals surface area contributed by atoms with E-state index in [0.29, 0.717) is 0 Å². The lowest BCUT2D eigenvalue weighted by atomic mass is 10.1. The Morgan fingerprint density at radius 2 is 2.29 bits per heavy atom. The number of hydrogen-bond donors (Lipinski definition) is 2. The minimum atomic E-state index is -0.673. The predicted molar refractivity (Wildman–Crippen MR) is 51.4 cm³/mol. The zero-order valence-electron chi connectivity index (χ0n) is 7.31. The van der Waals surface area contributed by atoms with Crippen LogP contribution in [0.4, 0.5) is 0 Å². The smallest absolute Gasteiger partial charge is 0.339 e. The molecule has 1 aromatic rings. The van der Waals surface area contributed by atoms with Gasteiger partial charge in [0.2, 0.25) is 0 Å². The van der Waals surface area contributed by atoms with Crippen molar-refractivity contribution in [3.63, 3.8) is 0 Å². The molecule has 0 aliphatic carbocycles. The van der Waals surface area contributed by atoms with Crippen LogP contribution in [0.25, 0.3) is 0 Å². The molecule has 14 heavy (non-hydrogen) atoms. The number of nitrogens with zero attached hydrogens (tertiary/aromatic N) is 1. The van der Waals surface area contributed by atoms with Gasteiger partial charge in [-0.3, -0.25) is 0 Å². The fourth-order valence-corrected chi connectivity index (χ4v) is 1.30. The molecule has 0 amide bonds. The molecular formula is C9H7NO3S. The van der Waals surface area contributed by atoms with Crippen LogP contribution in [0.3, 0.4) is 0 Å². The monoisotopic (exact) mass is 209 g/mol. The number of ether oxygens (including phenoxy) is 1. The van der Waals surface area contributed by atoms with E-state index in [2.05, 4.69) is 17.4 Å². The Morgan fingerprint density at radius 3 is 2.79 bits per heavy atom. The van der Waals surface area contributed by atoms with Crippen molar-refractivity contribution in [1.29, 1.82) is 5.26 Å². The number of aromatic hydroxyl groups is 1. The molecule has 0 fully saturated rings. The summed E-state index contributed by atoms with van der Waals surface area (Å²) in [4.78, 5) is 11.4. The van der Waals surface area contributed by atoms with E-state index in [1.807, 2.05) is 6.07 Å². The van der Waals surface area contributed by atoms with E-state index in [0.717, 1.165) is 0 Å². The van der Waals surface area contributed by atoms with Gasteiger partial charge in [0.1, 0.15) is 11.8 Å². The van der Waals surface area contributed by atoms with E-state index in [9.17, 15) is 9.90 Å². The van der Waals surface area contributed by atoms with Gasteiger partial charge in [0.15, 0.2) is 0 Å². The van der Waals surface area contributed by atoms with Gasteiger partial charge in [-0.05, 0) is 12.1 Å². The summed E-state index contributed by atoms with van der Waals surface area (Å²) in [6.07, 6.45) is 0. The quantitative estimate of drug-likeness (QED) is 0.541. The van der Waals surface area contributed by atoms with Crippen molar-refractivity contribution in [1.82, 2.24) is 0 Å². The zero-order chi connectivity index (χ0) is 10.7. The number of nitriles is 1. The lowest BCUT2D eigenvalue weighted by molar-refractivity contribution is 0.0599. The fourth-order valence-electron chi connectivity index (χ4n) is 1.00. The maximum Gasteiger partial charge on any atom is 0.339 e. The second-order valence-corrected chi connectivity index (χ2v) is 2.97. The summed E-state index contributed by atoms with van der Waals surface area (Å²) in [5.74, 6) is -0.804. The second-order valence-electron chi connectivity index (χ2n) is 2.49. The summed E-state index contributed by atoms with van der Waals surface area (Å²) in [6.45, 7) is 0. The first-order valence-corrected chi connectivity index (χ1v) is 4.09. The third kappa shape index (κ3) is 1.80. The van der Waals surface area contributed by atoms with Crippen molar-refractivity contribution >= 4 is 18.6 Å². The zero-order valence-corrected chi connectivity index (χ0v) is 8.21.